The Morgan fingerprint density at radius 2 is 1.74 bits per heavy atom. The fourth-order valence-corrected chi connectivity index (χ4v) is 6.39. The van der Waals surface area contributed by atoms with E-state index in [1.54, 1.807) is 13.2 Å². The second-order valence-electron chi connectivity index (χ2n) is 11.5. The highest BCUT2D eigenvalue weighted by atomic mass is 16.5. The van der Waals surface area contributed by atoms with Gasteiger partial charge in [-0.05, 0) is 56.8 Å². The first-order valence-corrected chi connectivity index (χ1v) is 14.9. The highest BCUT2D eigenvalue weighted by molar-refractivity contribution is 6.01. The Morgan fingerprint density at radius 1 is 1.00 bits per heavy atom. The van der Waals surface area contributed by atoms with Crippen LogP contribution in [0.5, 0.6) is 5.75 Å². The van der Waals surface area contributed by atoms with Crippen molar-refractivity contribution in [3.05, 3.63) is 66.0 Å². The largest absolute Gasteiger partial charge is 0.496 e. The van der Waals surface area contributed by atoms with E-state index in [9.17, 15) is 4.79 Å². The molecule has 3 heterocycles. The summed E-state index contributed by atoms with van der Waals surface area (Å²) in [6.07, 6.45) is 6.65. The number of nitrogens with zero attached hydrogens (tertiary/aromatic N) is 6. The van der Waals surface area contributed by atoms with Crippen LogP contribution < -0.4 is 15.8 Å². The predicted octanol–water partition coefficient (Wildman–Crippen LogP) is 3.79. The molecule has 4 aromatic rings. The van der Waals surface area contributed by atoms with Gasteiger partial charge in [0.05, 0.1) is 24.1 Å². The smallest absolute Gasteiger partial charge is 0.255 e. The maximum absolute atomic E-state index is 13.0. The lowest BCUT2D eigenvalue weighted by atomic mass is 9.90. The van der Waals surface area contributed by atoms with Gasteiger partial charge >= 0.3 is 0 Å². The maximum Gasteiger partial charge on any atom is 0.255 e. The Balaban J connectivity index is 1.21. The fourth-order valence-electron chi connectivity index (χ4n) is 6.39. The molecule has 2 aromatic heterocycles. The van der Waals surface area contributed by atoms with Gasteiger partial charge in [-0.2, -0.15) is 5.10 Å². The van der Waals surface area contributed by atoms with Crippen molar-refractivity contribution in [2.45, 2.75) is 44.2 Å². The third-order valence-electron chi connectivity index (χ3n) is 8.85. The third kappa shape index (κ3) is 5.82. The number of methoxy groups -OCH3 is 1. The number of carbonyl (C=O) groups is 1. The standard InChI is InChI=1S/C32H40N8O2/c1-38-16-18-39(19-17-38)24-9-11-25(12-10-24)40-31-28(30(33)35-21-36-31)29(37-40)23-8-13-26(27(20-23)42-2)32(41)34-15-14-22-6-4-3-5-7-22/h3-8,13,20-21,24-25H,9-12,14-19H2,1-2H3,(H,34,41)(H2,33,35,36). The van der Waals surface area contributed by atoms with Crippen molar-refractivity contribution in [2.24, 2.45) is 0 Å². The molecule has 0 unspecified atom stereocenters. The van der Waals surface area contributed by atoms with Gasteiger partial charge in [-0.25, -0.2) is 14.6 Å². The van der Waals surface area contributed by atoms with Crippen LogP contribution in [-0.4, -0.2) is 88.4 Å². The van der Waals surface area contributed by atoms with Crippen molar-refractivity contribution in [3.8, 4) is 17.0 Å². The molecule has 42 heavy (non-hydrogen) atoms. The number of aromatic nitrogens is 4. The van der Waals surface area contributed by atoms with Gasteiger partial charge in [0.25, 0.3) is 5.91 Å². The Bertz CT molecular complexity index is 1520. The zero-order chi connectivity index (χ0) is 29.1. The molecule has 3 N–H and O–H groups in total. The summed E-state index contributed by atoms with van der Waals surface area (Å²) < 4.78 is 7.72. The number of anilines is 1. The molecule has 220 valence electrons. The monoisotopic (exact) mass is 568 g/mol. The van der Waals surface area contributed by atoms with Gasteiger partial charge in [0.15, 0.2) is 5.65 Å². The van der Waals surface area contributed by atoms with Crippen molar-refractivity contribution in [1.29, 1.82) is 0 Å². The topological polar surface area (TPSA) is 114 Å². The van der Waals surface area contributed by atoms with Crippen LogP contribution in [0, 0.1) is 0 Å². The lowest BCUT2D eigenvalue weighted by Crippen LogP contribution is -2.49. The summed E-state index contributed by atoms with van der Waals surface area (Å²) in [4.78, 5) is 27.0. The van der Waals surface area contributed by atoms with Crippen molar-refractivity contribution in [3.63, 3.8) is 0 Å². The van der Waals surface area contributed by atoms with Crippen molar-refractivity contribution < 1.29 is 9.53 Å². The van der Waals surface area contributed by atoms with Gasteiger partial charge < -0.3 is 20.7 Å². The van der Waals surface area contributed by atoms with E-state index in [1.165, 1.54) is 11.9 Å². The van der Waals surface area contributed by atoms with Crippen molar-refractivity contribution in [2.75, 3.05) is 52.6 Å². The Kier molecular flexibility index (Phi) is 8.34. The molecule has 1 saturated carbocycles. The molecular weight excluding hydrogens is 528 g/mol. The second kappa shape index (κ2) is 12.5. The van der Waals surface area contributed by atoms with E-state index in [-0.39, 0.29) is 11.9 Å². The maximum atomic E-state index is 13.0. The Labute approximate surface area is 246 Å². The highest BCUT2D eigenvalue weighted by Gasteiger charge is 2.31. The highest BCUT2D eigenvalue weighted by Crippen LogP contribution is 2.38. The number of rotatable bonds is 8. The molecule has 2 aliphatic rings. The molecule has 1 aliphatic carbocycles. The number of amides is 1. The molecule has 2 fully saturated rings. The van der Waals surface area contributed by atoms with Crippen LogP contribution in [0.1, 0.15) is 47.6 Å². The van der Waals surface area contributed by atoms with E-state index in [2.05, 4.69) is 48.9 Å². The van der Waals surface area contributed by atoms with Gasteiger partial charge in [-0.1, -0.05) is 36.4 Å². The number of ether oxygens (including phenoxy) is 1. The zero-order valence-electron chi connectivity index (χ0n) is 24.5. The number of nitrogens with two attached hydrogens (primary N) is 1. The average molecular weight is 569 g/mol. The molecule has 0 atom stereocenters. The van der Waals surface area contributed by atoms with Gasteiger partial charge in [0.1, 0.15) is 23.6 Å². The summed E-state index contributed by atoms with van der Waals surface area (Å²) in [5.41, 5.74) is 10.3. The summed E-state index contributed by atoms with van der Waals surface area (Å²) in [7, 11) is 3.78. The molecule has 10 nitrogen and oxygen atoms in total. The third-order valence-corrected chi connectivity index (χ3v) is 8.85. The van der Waals surface area contributed by atoms with Gasteiger partial charge in [0.2, 0.25) is 0 Å². The molecular formula is C32H40N8O2. The first-order chi connectivity index (χ1) is 20.5. The first-order valence-electron chi connectivity index (χ1n) is 14.9. The van der Waals surface area contributed by atoms with Crippen LogP contribution in [0.2, 0.25) is 0 Å². The number of piperazine rings is 1. The SMILES string of the molecule is COc1cc(-c2nn(C3CCC(N4CCN(C)CC4)CC3)c3ncnc(N)c23)ccc1C(=O)NCCc1ccccc1. The average Bonchev–Trinajstić information content (AvgIpc) is 3.43. The molecule has 0 spiro atoms. The number of hydrogen-bond donors (Lipinski definition) is 2. The minimum Gasteiger partial charge on any atom is -0.496 e. The summed E-state index contributed by atoms with van der Waals surface area (Å²) >= 11 is 0. The number of benzene rings is 2. The van der Waals surface area contributed by atoms with Crippen molar-refractivity contribution in [1.82, 2.24) is 34.9 Å². The summed E-state index contributed by atoms with van der Waals surface area (Å²) in [5, 5.41) is 8.83. The number of likely N-dealkylation sites (N-methyl/N-ethyl adjacent to an activating group) is 1. The quantitative estimate of drug-likeness (QED) is 0.330. The Hall–Kier alpha value is -4.02. The van der Waals surface area contributed by atoms with Crippen molar-refractivity contribution >= 4 is 22.8 Å². The lowest BCUT2D eigenvalue weighted by Gasteiger charge is -2.41. The summed E-state index contributed by atoms with van der Waals surface area (Å²) in [6.45, 7) is 5.11. The normalized spacial score (nSPS) is 20.0. The Morgan fingerprint density at radius 3 is 2.48 bits per heavy atom. The van der Waals surface area contributed by atoms with Crippen LogP contribution in [0.4, 0.5) is 5.82 Å². The van der Waals surface area contributed by atoms with Gasteiger partial charge in [-0.3, -0.25) is 9.69 Å². The first kappa shape index (κ1) is 28.1. The lowest BCUT2D eigenvalue weighted by molar-refractivity contribution is 0.0815. The number of nitrogens with one attached hydrogen (secondary N) is 1. The molecule has 10 heteroatoms. The molecule has 1 amide bonds. The minimum absolute atomic E-state index is 0.176. The molecule has 6 rings (SSSR count). The van der Waals surface area contributed by atoms with Crippen LogP contribution in [-0.2, 0) is 6.42 Å². The number of fused-ring (bicyclic) bond motifs is 1. The predicted molar refractivity (Wildman–Crippen MR) is 165 cm³/mol. The summed E-state index contributed by atoms with van der Waals surface area (Å²) in [6, 6.07) is 16.5. The molecule has 0 radical (unpaired) electrons. The van der Waals surface area contributed by atoms with Crippen LogP contribution >= 0.6 is 0 Å². The molecule has 0 bridgehead atoms. The van der Waals surface area contributed by atoms with Crippen LogP contribution in [0.25, 0.3) is 22.3 Å². The number of hydrogen-bond acceptors (Lipinski definition) is 8. The van der Waals surface area contributed by atoms with E-state index in [0.717, 1.165) is 74.9 Å². The van der Waals surface area contributed by atoms with Crippen LogP contribution in [0.15, 0.2) is 54.9 Å². The number of carbonyl (C=O) groups excluding carboxylic acids is 1. The van der Waals surface area contributed by atoms with E-state index in [1.807, 2.05) is 30.3 Å². The minimum atomic E-state index is -0.176. The van der Waals surface area contributed by atoms with Gasteiger partial charge in [-0.15, -0.1) is 0 Å². The molecule has 1 aliphatic heterocycles. The molecule has 1 saturated heterocycles. The van der Waals surface area contributed by atoms with E-state index >= 15 is 0 Å². The zero-order valence-corrected chi connectivity index (χ0v) is 24.5. The van der Waals surface area contributed by atoms with Gasteiger partial charge in [0, 0.05) is 44.3 Å². The number of nitrogen functional groups attached to an aromatic ring is 1. The van der Waals surface area contributed by atoms with Crippen LogP contribution in [0.3, 0.4) is 0 Å². The second-order valence-corrected chi connectivity index (χ2v) is 11.5. The van der Waals surface area contributed by atoms with E-state index < -0.39 is 0 Å². The summed E-state index contributed by atoms with van der Waals surface area (Å²) in [5.74, 6) is 0.703. The fraction of sp³-hybridized carbons (Fsp3) is 0.438. The molecule has 2 aromatic carbocycles. The van der Waals surface area contributed by atoms with E-state index in [0.29, 0.717) is 35.4 Å². The van der Waals surface area contributed by atoms with E-state index in [4.69, 9.17) is 15.6 Å².